The molecule has 0 aliphatic carbocycles. The molecule has 1 unspecified atom stereocenters. The van der Waals surface area contributed by atoms with E-state index in [2.05, 4.69) is 4.74 Å². The van der Waals surface area contributed by atoms with Crippen LogP contribution in [0.4, 0.5) is 0 Å². The van der Waals surface area contributed by atoms with E-state index in [1.807, 2.05) is 24.4 Å². The van der Waals surface area contributed by atoms with Crippen molar-refractivity contribution in [2.75, 3.05) is 26.8 Å². The van der Waals surface area contributed by atoms with Gasteiger partial charge < -0.3 is 14.4 Å². The van der Waals surface area contributed by atoms with Gasteiger partial charge in [0.15, 0.2) is 0 Å². The van der Waals surface area contributed by atoms with E-state index in [9.17, 15) is 9.59 Å². The third kappa shape index (κ3) is 4.41. The monoisotopic (exact) mass is 309 g/mol. The summed E-state index contributed by atoms with van der Waals surface area (Å²) in [5.74, 6) is -0.375. The zero-order valence-corrected chi connectivity index (χ0v) is 13.0. The van der Waals surface area contributed by atoms with Crippen LogP contribution in [0.15, 0.2) is 17.5 Å². The largest absolute Gasteiger partial charge is 0.469 e. The number of thiophene rings is 1. The quantitative estimate of drug-likeness (QED) is 0.629. The van der Waals surface area contributed by atoms with Crippen molar-refractivity contribution in [2.24, 2.45) is 0 Å². The highest BCUT2D eigenvalue weighted by Gasteiger charge is 2.25. The number of hydrogen-bond donors (Lipinski definition) is 0. The van der Waals surface area contributed by atoms with Gasteiger partial charge in [-0.1, -0.05) is 0 Å². The van der Waals surface area contributed by atoms with Crippen molar-refractivity contribution >= 4 is 29.3 Å². The molecule has 1 amide bonds. The number of carbonyl (C=O) groups excluding carboxylic acids is 2. The molecule has 1 aromatic heterocycles. The highest BCUT2D eigenvalue weighted by Crippen LogP contribution is 2.17. The number of carbonyl (C=O) groups is 2. The fourth-order valence-corrected chi connectivity index (χ4v) is 2.94. The average molecular weight is 309 g/mol. The fraction of sp³-hybridized carbons (Fsp3) is 0.467. The summed E-state index contributed by atoms with van der Waals surface area (Å²) < 4.78 is 10.1. The number of ether oxygens (including phenoxy) is 2. The van der Waals surface area contributed by atoms with Crippen molar-refractivity contribution < 1.29 is 19.1 Å². The van der Waals surface area contributed by atoms with Gasteiger partial charge in [-0.15, -0.1) is 11.3 Å². The molecule has 0 aromatic carbocycles. The molecule has 1 aliphatic heterocycles. The normalized spacial score (nSPS) is 19.0. The minimum Gasteiger partial charge on any atom is -0.469 e. The molecule has 0 bridgehead atoms. The van der Waals surface area contributed by atoms with E-state index < -0.39 is 0 Å². The Bertz CT molecular complexity index is 538. The van der Waals surface area contributed by atoms with E-state index in [0.29, 0.717) is 19.7 Å². The molecule has 2 rings (SSSR count). The lowest BCUT2D eigenvalue weighted by Crippen LogP contribution is -2.45. The summed E-state index contributed by atoms with van der Waals surface area (Å²) in [5.41, 5.74) is 1.16. The molecule has 1 atom stereocenters. The smallest absolute Gasteiger partial charge is 0.308 e. The number of aryl methyl sites for hydroxylation is 1. The maximum atomic E-state index is 12.2. The van der Waals surface area contributed by atoms with E-state index in [1.165, 1.54) is 7.11 Å². The SMILES string of the molecule is COC(=O)CC1CN(C(=O)/C=C/c2sccc2C)CCO1. The first-order valence-corrected chi connectivity index (χ1v) is 7.67. The van der Waals surface area contributed by atoms with Crippen LogP contribution >= 0.6 is 11.3 Å². The van der Waals surface area contributed by atoms with Gasteiger partial charge in [0.1, 0.15) is 0 Å². The van der Waals surface area contributed by atoms with Crippen molar-refractivity contribution in [2.45, 2.75) is 19.4 Å². The Morgan fingerprint density at radius 1 is 1.57 bits per heavy atom. The summed E-state index contributed by atoms with van der Waals surface area (Å²) in [6, 6.07) is 2.02. The van der Waals surface area contributed by atoms with Crippen LogP contribution in [0.2, 0.25) is 0 Å². The summed E-state index contributed by atoms with van der Waals surface area (Å²) in [4.78, 5) is 26.2. The van der Waals surface area contributed by atoms with Gasteiger partial charge in [0.05, 0.1) is 26.2 Å². The summed E-state index contributed by atoms with van der Waals surface area (Å²) in [7, 11) is 1.35. The number of morpholine rings is 1. The van der Waals surface area contributed by atoms with E-state index in [1.54, 1.807) is 22.3 Å². The van der Waals surface area contributed by atoms with Gasteiger partial charge in [-0.2, -0.15) is 0 Å². The molecule has 1 aromatic rings. The Labute approximate surface area is 128 Å². The Hall–Kier alpha value is -1.66. The summed E-state index contributed by atoms with van der Waals surface area (Å²) in [6.45, 7) is 3.42. The second-order valence-corrected chi connectivity index (χ2v) is 5.81. The molecule has 1 fully saturated rings. The number of amides is 1. The summed E-state index contributed by atoms with van der Waals surface area (Å²) >= 11 is 1.61. The number of methoxy groups -OCH3 is 1. The first kappa shape index (κ1) is 15.7. The van der Waals surface area contributed by atoms with Gasteiger partial charge in [0.2, 0.25) is 5.91 Å². The molecular formula is C15H19NO4S. The topological polar surface area (TPSA) is 55.8 Å². The van der Waals surface area contributed by atoms with Gasteiger partial charge in [0.25, 0.3) is 0 Å². The predicted molar refractivity (Wildman–Crippen MR) is 81.0 cm³/mol. The maximum absolute atomic E-state index is 12.2. The standard InChI is InChI=1S/C15H19NO4S/c1-11-5-8-21-13(11)3-4-14(17)16-6-7-20-12(10-16)9-15(18)19-2/h3-5,8,12H,6-7,9-10H2,1-2H3/b4-3+. The molecule has 114 valence electrons. The van der Waals surface area contributed by atoms with Gasteiger partial charge in [-0.25, -0.2) is 0 Å². The minimum absolute atomic E-state index is 0.0547. The van der Waals surface area contributed by atoms with Gasteiger partial charge in [0, 0.05) is 24.0 Å². The number of hydrogen-bond acceptors (Lipinski definition) is 5. The van der Waals surface area contributed by atoms with Crippen LogP contribution in [0.5, 0.6) is 0 Å². The van der Waals surface area contributed by atoms with Crippen molar-refractivity contribution in [3.63, 3.8) is 0 Å². The second-order valence-electron chi connectivity index (χ2n) is 4.86. The molecule has 21 heavy (non-hydrogen) atoms. The lowest BCUT2D eigenvalue weighted by molar-refractivity contribution is -0.148. The zero-order chi connectivity index (χ0) is 15.2. The van der Waals surface area contributed by atoms with Crippen molar-refractivity contribution in [3.8, 4) is 0 Å². The van der Waals surface area contributed by atoms with E-state index in [-0.39, 0.29) is 24.4 Å². The van der Waals surface area contributed by atoms with Gasteiger partial charge in [-0.3, -0.25) is 9.59 Å². The van der Waals surface area contributed by atoms with Crippen LogP contribution in [-0.4, -0.2) is 49.7 Å². The van der Waals surface area contributed by atoms with Crippen LogP contribution in [0.1, 0.15) is 16.9 Å². The molecule has 0 spiro atoms. The van der Waals surface area contributed by atoms with Gasteiger partial charge >= 0.3 is 5.97 Å². The summed E-state index contributed by atoms with van der Waals surface area (Å²) in [6.07, 6.45) is 3.31. The molecule has 5 nitrogen and oxygen atoms in total. The first-order chi connectivity index (χ1) is 10.1. The highest BCUT2D eigenvalue weighted by molar-refractivity contribution is 7.11. The minimum atomic E-state index is -0.320. The number of nitrogens with zero attached hydrogens (tertiary/aromatic N) is 1. The Balaban J connectivity index is 1.91. The Morgan fingerprint density at radius 2 is 2.38 bits per heavy atom. The third-order valence-electron chi connectivity index (χ3n) is 3.35. The Morgan fingerprint density at radius 3 is 3.05 bits per heavy atom. The second kappa shape index (κ2) is 7.38. The molecule has 2 heterocycles. The van der Waals surface area contributed by atoms with E-state index in [4.69, 9.17) is 4.74 Å². The summed E-state index contributed by atoms with van der Waals surface area (Å²) in [5, 5.41) is 2.00. The van der Waals surface area contributed by atoms with Crippen LogP contribution in [0.3, 0.4) is 0 Å². The van der Waals surface area contributed by atoms with Crippen molar-refractivity contribution in [3.05, 3.63) is 28.0 Å². The van der Waals surface area contributed by atoms with Crippen molar-refractivity contribution in [1.29, 1.82) is 0 Å². The lowest BCUT2D eigenvalue weighted by Gasteiger charge is -2.31. The molecular weight excluding hydrogens is 290 g/mol. The average Bonchev–Trinajstić information content (AvgIpc) is 2.90. The van der Waals surface area contributed by atoms with E-state index in [0.717, 1.165) is 10.4 Å². The molecule has 1 saturated heterocycles. The first-order valence-electron chi connectivity index (χ1n) is 6.79. The van der Waals surface area contributed by atoms with Crippen LogP contribution in [0.25, 0.3) is 6.08 Å². The van der Waals surface area contributed by atoms with E-state index >= 15 is 0 Å². The lowest BCUT2D eigenvalue weighted by atomic mass is 10.2. The highest BCUT2D eigenvalue weighted by atomic mass is 32.1. The zero-order valence-electron chi connectivity index (χ0n) is 12.2. The molecule has 1 aliphatic rings. The van der Waals surface area contributed by atoms with Crippen LogP contribution < -0.4 is 0 Å². The predicted octanol–water partition coefficient (Wildman–Crippen LogP) is 1.86. The van der Waals surface area contributed by atoms with Crippen LogP contribution in [0, 0.1) is 6.92 Å². The molecule has 0 saturated carbocycles. The van der Waals surface area contributed by atoms with Crippen LogP contribution in [-0.2, 0) is 19.1 Å². The molecule has 0 radical (unpaired) electrons. The maximum Gasteiger partial charge on any atom is 0.308 e. The van der Waals surface area contributed by atoms with Gasteiger partial charge in [-0.05, 0) is 30.0 Å². The molecule has 6 heteroatoms. The Kier molecular flexibility index (Phi) is 5.52. The fourth-order valence-electron chi connectivity index (χ4n) is 2.12. The van der Waals surface area contributed by atoms with Crippen molar-refractivity contribution in [1.82, 2.24) is 4.90 Å². The molecule has 0 N–H and O–H groups in total. The number of rotatable bonds is 4. The third-order valence-corrected chi connectivity index (χ3v) is 4.34. The number of esters is 1.